The molecule has 0 spiro atoms. The van der Waals surface area contributed by atoms with Crippen LogP contribution in [0.3, 0.4) is 0 Å². The highest BCUT2D eigenvalue weighted by atomic mass is 16.5. The number of benzene rings is 4. The lowest BCUT2D eigenvalue weighted by molar-refractivity contribution is 0.00917. The summed E-state index contributed by atoms with van der Waals surface area (Å²) in [5.41, 5.74) is 6.09. The van der Waals surface area contributed by atoms with Crippen LogP contribution in [-0.2, 0) is 4.74 Å². The van der Waals surface area contributed by atoms with E-state index < -0.39 is 0 Å². The predicted octanol–water partition coefficient (Wildman–Crippen LogP) is 9.23. The van der Waals surface area contributed by atoms with Gasteiger partial charge in [0.25, 0.3) is 0 Å². The molecule has 0 N–H and O–H groups in total. The highest BCUT2D eigenvalue weighted by Crippen LogP contribution is 2.27. The Hall–Kier alpha value is -4.08. The second kappa shape index (κ2) is 13.8. The summed E-state index contributed by atoms with van der Waals surface area (Å²) in [4.78, 5) is 0. The van der Waals surface area contributed by atoms with Gasteiger partial charge in [-0.3, -0.25) is 0 Å². The van der Waals surface area contributed by atoms with Gasteiger partial charge in [-0.15, -0.1) is 0 Å². The molecular weight excluding hydrogens is 492 g/mol. The van der Waals surface area contributed by atoms with Crippen LogP contribution < -0.4 is 9.47 Å². The number of ether oxygens (including phenoxy) is 3. The molecule has 0 amide bonds. The third kappa shape index (κ3) is 8.46. The van der Waals surface area contributed by atoms with Crippen LogP contribution in [0.5, 0.6) is 11.5 Å². The summed E-state index contributed by atoms with van der Waals surface area (Å²) in [6, 6.07) is 36.7. The molecule has 206 valence electrons. The van der Waals surface area contributed by atoms with Crippen LogP contribution in [0, 0.1) is 0 Å². The van der Waals surface area contributed by atoms with E-state index in [4.69, 9.17) is 14.2 Å². The zero-order chi connectivity index (χ0) is 28.4. The van der Waals surface area contributed by atoms with Gasteiger partial charge in [-0.25, -0.2) is 0 Å². The van der Waals surface area contributed by atoms with Crippen molar-refractivity contribution in [2.24, 2.45) is 0 Å². The first kappa shape index (κ1) is 28.9. The van der Waals surface area contributed by atoms with Gasteiger partial charge < -0.3 is 14.2 Å². The molecule has 0 aliphatic heterocycles. The minimum atomic E-state index is -0.348. The normalized spacial score (nSPS) is 12.0. The average Bonchev–Trinajstić information content (AvgIpc) is 2.98. The molecule has 0 fully saturated rings. The Kier molecular flexibility index (Phi) is 9.99. The molecule has 0 bridgehead atoms. The van der Waals surface area contributed by atoms with E-state index >= 15 is 0 Å². The molecule has 3 nitrogen and oxygen atoms in total. The highest BCUT2D eigenvalue weighted by Gasteiger charge is 2.20. The maximum absolute atomic E-state index is 6.28. The second-order valence-electron chi connectivity index (χ2n) is 10.7. The van der Waals surface area contributed by atoms with E-state index in [-0.39, 0.29) is 11.7 Å². The van der Waals surface area contributed by atoms with Crippen LogP contribution in [0.1, 0.15) is 55.9 Å². The Balaban J connectivity index is 1.15. The first-order valence-corrected chi connectivity index (χ1v) is 13.9. The lowest BCUT2D eigenvalue weighted by atomic mass is 9.99. The summed E-state index contributed by atoms with van der Waals surface area (Å²) in [5.74, 6) is 1.69. The smallest absolute Gasteiger partial charge is 0.120 e. The summed E-state index contributed by atoms with van der Waals surface area (Å²) >= 11 is 0. The first-order valence-electron chi connectivity index (χ1n) is 13.9. The van der Waals surface area contributed by atoms with Crippen molar-refractivity contribution in [3.8, 4) is 11.5 Å². The minimum Gasteiger partial charge on any atom is -0.493 e. The maximum Gasteiger partial charge on any atom is 0.120 e. The van der Waals surface area contributed by atoms with Crippen LogP contribution in [0.25, 0.3) is 11.1 Å². The monoisotopic (exact) mass is 532 g/mol. The lowest BCUT2D eigenvalue weighted by Crippen LogP contribution is -2.30. The van der Waals surface area contributed by atoms with E-state index in [0.29, 0.717) is 13.2 Å². The molecule has 0 aliphatic rings. The van der Waals surface area contributed by atoms with Crippen molar-refractivity contribution < 1.29 is 14.2 Å². The fourth-order valence-electron chi connectivity index (χ4n) is 4.39. The summed E-state index contributed by atoms with van der Waals surface area (Å²) in [7, 11) is 0. The molecule has 1 atom stereocenters. The van der Waals surface area contributed by atoms with Gasteiger partial charge in [0.1, 0.15) is 17.1 Å². The van der Waals surface area contributed by atoms with Crippen LogP contribution >= 0.6 is 0 Å². The molecule has 0 radical (unpaired) electrons. The molecule has 0 saturated carbocycles. The SMILES string of the molecule is C=C(c1ccccc1)c1ccc(OCCC(C)OCCC(C)(C)Oc2ccc(C(=C)c3ccccc3)cc2)cc1. The molecule has 0 aliphatic carbocycles. The lowest BCUT2D eigenvalue weighted by Gasteiger charge is -2.27. The van der Waals surface area contributed by atoms with Gasteiger partial charge in [-0.2, -0.15) is 0 Å². The summed E-state index contributed by atoms with van der Waals surface area (Å²) in [6.07, 6.45) is 1.69. The van der Waals surface area contributed by atoms with Gasteiger partial charge in [0.15, 0.2) is 0 Å². The quantitative estimate of drug-likeness (QED) is 0.162. The van der Waals surface area contributed by atoms with E-state index in [1.165, 1.54) is 0 Å². The van der Waals surface area contributed by atoms with E-state index in [9.17, 15) is 0 Å². The molecule has 0 aromatic heterocycles. The van der Waals surface area contributed by atoms with E-state index in [1.54, 1.807) is 0 Å². The van der Waals surface area contributed by atoms with Gasteiger partial charge in [0.2, 0.25) is 0 Å². The van der Waals surface area contributed by atoms with Gasteiger partial charge >= 0.3 is 0 Å². The molecule has 3 heteroatoms. The highest BCUT2D eigenvalue weighted by molar-refractivity contribution is 5.78. The van der Waals surface area contributed by atoms with Crippen molar-refractivity contribution in [1.82, 2.24) is 0 Å². The Morgan fingerprint density at radius 1 is 0.625 bits per heavy atom. The van der Waals surface area contributed by atoms with Crippen molar-refractivity contribution >= 4 is 11.1 Å². The minimum absolute atomic E-state index is 0.0937. The number of rotatable bonds is 14. The fraction of sp³-hybridized carbons (Fsp3) is 0.243. The maximum atomic E-state index is 6.28. The van der Waals surface area contributed by atoms with Gasteiger partial charge in [0, 0.05) is 12.8 Å². The first-order chi connectivity index (χ1) is 19.3. The topological polar surface area (TPSA) is 27.7 Å². The van der Waals surface area contributed by atoms with Crippen molar-refractivity contribution in [1.29, 1.82) is 0 Å². The Morgan fingerprint density at radius 3 is 1.57 bits per heavy atom. The number of hydrogen-bond donors (Lipinski definition) is 0. The molecule has 4 aromatic carbocycles. The summed E-state index contributed by atoms with van der Waals surface area (Å²) < 4.78 is 18.3. The van der Waals surface area contributed by atoms with Crippen molar-refractivity contribution in [3.05, 3.63) is 145 Å². The van der Waals surface area contributed by atoms with Crippen LogP contribution in [0.4, 0.5) is 0 Å². The Bertz CT molecular complexity index is 1350. The Labute approximate surface area is 239 Å². The molecule has 40 heavy (non-hydrogen) atoms. The summed E-state index contributed by atoms with van der Waals surface area (Å²) in [5, 5.41) is 0. The standard InChI is InChI=1S/C37H40O3/c1-28(24-26-39-35-20-16-33(17-21-35)29(2)31-12-8-6-9-13-31)38-27-25-37(4,5)40-36-22-18-34(19-23-36)30(3)32-14-10-7-11-15-32/h6-23,28H,2-3,24-27H2,1,4-5H3. The average molecular weight is 533 g/mol. The third-order valence-electron chi connectivity index (χ3n) is 6.94. The van der Waals surface area contributed by atoms with Gasteiger partial charge in [0.05, 0.1) is 19.3 Å². The molecule has 4 aromatic rings. The van der Waals surface area contributed by atoms with Crippen LogP contribution in [0.2, 0.25) is 0 Å². The van der Waals surface area contributed by atoms with Gasteiger partial charge in [-0.05, 0) is 78.4 Å². The van der Waals surface area contributed by atoms with Gasteiger partial charge in [-0.1, -0.05) is 98.1 Å². The largest absolute Gasteiger partial charge is 0.493 e. The zero-order valence-electron chi connectivity index (χ0n) is 23.9. The van der Waals surface area contributed by atoms with Crippen molar-refractivity contribution in [2.45, 2.75) is 45.3 Å². The number of hydrogen-bond acceptors (Lipinski definition) is 3. The van der Waals surface area contributed by atoms with Crippen LogP contribution in [-0.4, -0.2) is 24.9 Å². The van der Waals surface area contributed by atoms with E-state index in [1.807, 2.05) is 60.7 Å². The molecule has 0 saturated heterocycles. The third-order valence-corrected chi connectivity index (χ3v) is 6.94. The van der Waals surface area contributed by atoms with Crippen LogP contribution in [0.15, 0.2) is 122 Å². The summed E-state index contributed by atoms with van der Waals surface area (Å²) in [6.45, 7) is 16.0. The second-order valence-corrected chi connectivity index (χ2v) is 10.7. The predicted molar refractivity (Wildman–Crippen MR) is 167 cm³/mol. The van der Waals surface area contributed by atoms with Crippen molar-refractivity contribution in [3.63, 3.8) is 0 Å². The fourth-order valence-corrected chi connectivity index (χ4v) is 4.39. The molecule has 0 heterocycles. The molecule has 1 unspecified atom stereocenters. The van der Waals surface area contributed by atoms with E-state index in [2.05, 4.69) is 82.5 Å². The van der Waals surface area contributed by atoms with Crippen molar-refractivity contribution in [2.75, 3.05) is 13.2 Å². The molecular formula is C37H40O3. The molecule has 4 rings (SSSR count). The zero-order valence-corrected chi connectivity index (χ0v) is 23.9. The Morgan fingerprint density at radius 2 is 1.07 bits per heavy atom. The van der Waals surface area contributed by atoms with E-state index in [0.717, 1.165) is 57.7 Å².